The third-order valence-corrected chi connectivity index (χ3v) is 2.22. The number of hydrogen-bond acceptors (Lipinski definition) is 4. The van der Waals surface area contributed by atoms with Crippen molar-refractivity contribution >= 4 is 5.97 Å². The standard InChI is InChI=1S/C12H12F4O4/c1-3-19-11(17)10(18-2)7-4-5-8(13)9(6-7)20-12(14,15)16/h4-6,10H,3H2,1-2H3. The molecule has 0 bridgehead atoms. The van der Waals surface area contributed by atoms with Gasteiger partial charge >= 0.3 is 12.3 Å². The number of benzene rings is 1. The summed E-state index contributed by atoms with van der Waals surface area (Å²) in [7, 11) is 1.18. The summed E-state index contributed by atoms with van der Waals surface area (Å²) < 4.78 is 62.6. The molecule has 0 aromatic heterocycles. The molecule has 1 aromatic rings. The normalized spacial score (nSPS) is 12.9. The van der Waals surface area contributed by atoms with E-state index in [4.69, 9.17) is 9.47 Å². The fourth-order valence-electron chi connectivity index (χ4n) is 1.47. The molecule has 0 aliphatic heterocycles. The highest BCUT2D eigenvalue weighted by molar-refractivity contribution is 5.76. The van der Waals surface area contributed by atoms with E-state index in [0.29, 0.717) is 0 Å². The lowest BCUT2D eigenvalue weighted by Gasteiger charge is -2.16. The number of ether oxygens (including phenoxy) is 3. The first-order valence-corrected chi connectivity index (χ1v) is 5.53. The third kappa shape index (κ3) is 4.37. The molecule has 4 nitrogen and oxygen atoms in total. The van der Waals surface area contributed by atoms with Gasteiger partial charge in [-0.3, -0.25) is 0 Å². The van der Waals surface area contributed by atoms with E-state index in [9.17, 15) is 22.4 Å². The van der Waals surface area contributed by atoms with Crippen LogP contribution in [0.2, 0.25) is 0 Å². The van der Waals surface area contributed by atoms with E-state index in [-0.39, 0.29) is 12.2 Å². The first kappa shape index (κ1) is 16.2. The first-order chi connectivity index (χ1) is 9.28. The van der Waals surface area contributed by atoms with Crippen molar-refractivity contribution < 1.29 is 36.6 Å². The first-order valence-electron chi connectivity index (χ1n) is 5.53. The molecule has 0 heterocycles. The van der Waals surface area contributed by atoms with E-state index >= 15 is 0 Å². The lowest BCUT2D eigenvalue weighted by Crippen LogP contribution is -2.20. The van der Waals surface area contributed by atoms with Crippen molar-refractivity contribution in [3.8, 4) is 5.75 Å². The SMILES string of the molecule is CCOC(=O)C(OC)c1ccc(F)c(OC(F)(F)F)c1. The summed E-state index contributed by atoms with van der Waals surface area (Å²) in [5.74, 6) is -3.04. The van der Waals surface area contributed by atoms with Crippen LogP contribution < -0.4 is 4.74 Å². The van der Waals surface area contributed by atoms with Crippen LogP contribution in [0.15, 0.2) is 18.2 Å². The number of carbonyl (C=O) groups is 1. The van der Waals surface area contributed by atoms with Gasteiger partial charge in [0.15, 0.2) is 17.7 Å². The summed E-state index contributed by atoms with van der Waals surface area (Å²) in [5.41, 5.74) is -0.00778. The maximum atomic E-state index is 13.2. The predicted octanol–water partition coefficient (Wildman–Crippen LogP) is 2.97. The van der Waals surface area contributed by atoms with Gasteiger partial charge in [0.25, 0.3) is 0 Å². The van der Waals surface area contributed by atoms with E-state index in [1.807, 2.05) is 0 Å². The Morgan fingerprint density at radius 1 is 1.35 bits per heavy atom. The van der Waals surface area contributed by atoms with Gasteiger partial charge in [-0.05, 0) is 24.6 Å². The van der Waals surface area contributed by atoms with Crippen LogP contribution in [0.4, 0.5) is 17.6 Å². The number of halogens is 4. The zero-order valence-electron chi connectivity index (χ0n) is 10.7. The lowest BCUT2D eigenvalue weighted by atomic mass is 10.1. The Hall–Kier alpha value is -1.83. The minimum absolute atomic E-state index is 0.00778. The predicted molar refractivity (Wildman–Crippen MR) is 59.5 cm³/mol. The van der Waals surface area contributed by atoms with E-state index in [2.05, 4.69) is 4.74 Å². The van der Waals surface area contributed by atoms with Crippen LogP contribution in [-0.4, -0.2) is 26.0 Å². The Balaban J connectivity index is 3.06. The van der Waals surface area contributed by atoms with Gasteiger partial charge in [0.05, 0.1) is 6.61 Å². The number of esters is 1. The van der Waals surface area contributed by atoms with E-state index < -0.39 is 30.0 Å². The van der Waals surface area contributed by atoms with Crippen molar-refractivity contribution in [1.29, 1.82) is 0 Å². The molecule has 0 aliphatic carbocycles. The second-order valence-electron chi connectivity index (χ2n) is 3.61. The van der Waals surface area contributed by atoms with Gasteiger partial charge in [-0.15, -0.1) is 13.2 Å². The number of rotatable bonds is 5. The Bertz CT molecular complexity index is 473. The van der Waals surface area contributed by atoms with Gasteiger partial charge in [0.1, 0.15) is 0 Å². The molecular formula is C12H12F4O4. The summed E-state index contributed by atoms with van der Waals surface area (Å²) in [6.45, 7) is 1.64. The number of hydrogen-bond donors (Lipinski definition) is 0. The number of alkyl halides is 3. The molecule has 1 unspecified atom stereocenters. The Kier molecular flexibility index (Phi) is 5.32. The van der Waals surface area contributed by atoms with Crippen LogP contribution in [0.5, 0.6) is 5.75 Å². The minimum Gasteiger partial charge on any atom is -0.464 e. The van der Waals surface area contributed by atoms with Gasteiger partial charge in [-0.25, -0.2) is 9.18 Å². The minimum atomic E-state index is -5.04. The molecule has 0 saturated heterocycles. The van der Waals surface area contributed by atoms with Crippen molar-refractivity contribution in [3.05, 3.63) is 29.6 Å². The van der Waals surface area contributed by atoms with Gasteiger partial charge in [0.2, 0.25) is 0 Å². The summed E-state index contributed by atoms with van der Waals surface area (Å²) in [6, 6.07) is 2.61. The monoisotopic (exact) mass is 296 g/mol. The van der Waals surface area contributed by atoms with Crippen molar-refractivity contribution in [1.82, 2.24) is 0 Å². The maximum absolute atomic E-state index is 13.2. The zero-order chi connectivity index (χ0) is 15.3. The Labute approximate surface area is 112 Å². The molecule has 1 atom stereocenters. The quantitative estimate of drug-likeness (QED) is 0.619. The van der Waals surface area contributed by atoms with Crippen LogP contribution in [0, 0.1) is 5.82 Å². The van der Waals surface area contributed by atoms with E-state index in [0.717, 1.165) is 18.2 Å². The molecule has 8 heteroatoms. The molecular weight excluding hydrogens is 284 g/mol. The van der Waals surface area contributed by atoms with Gasteiger partial charge in [-0.1, -0.05) is 6.07 Å². The lowest BCUT2D eigenvalue weighted by molar-refractivity contribution is -0.275. The van der Waals surface area contributed by atoms with Crippen LogP contribution in [0.1, 0.15) is 18.6 Å². The fourth-order valence-corrected chi connectivity index (χ4v) is 1.47. The fraction of sp³-hybridized carbons (Fsp3) is 0.417. The highest BCUT2D eigenvalue weighted by Gasteiger charge is 2.33. The summed E-state index contributed by atoms with van der Waals surface area (Å²) in [4.78, 5) is 11.6. The van der Waals surface area contributed by atoms with Crippen molar-refractivity contribution in [2.45, 2.75) is 19.4 Å². The second-order valence-corrected chi connectivity index (χ2v) is 3.61. The summed E-state index contributed by atoms with van der Waals surface area (Å²) >= 11 is 0. The van der Waals surface area contributed by atoms with Crippen LogP contribution in [0.3, 0.4) is 0 Å². The maximum Gasteiger partial charge on any atom is 0.573 e. The molecule has 0 saturated carbocycles. The molecule has 0 radical (unpaired) electrons. The Morgan fingerprint density at radius 3 is 2.50 bits per heavy atom. The van der Waals surface area contributed by atoms with Crippen LogP contribution in [0.25, 0.3) is 0 Å². The van der Waals surface area contributed by atoms with Gasteiger partial charge in [-0.2, -0.15) is 0 Å². The highest BCUT2D eigenvalue weighted by Crippen LogP contribution is 2.29. The topological polar surface area (TPSA) is 44.8 Å². The van der Waals surface area contributed by atoms with Crippen molar-refractivity contribution in [3.63, 3.8) is 0 Å². The van der Waals surface area contributed by atoms with Crippen LogP contribution in [-0.2, 0) is 14.3 Å². The van der Waals surface area contributed by atoms with Crippen molar-refractivity contribution in [2.24, 2.45) is 0 Å². The van der Waals surface area contributed by atoms with Crippen LogP contribution >= 0.6 is 0 Å². The molecule has 0 fully saturated rings. The summed E-state index contributed by atoms with van der Waals surface area (Å²) in [6.07, 6.45) is -6.29. The molecule has 0 N–H and O–H groups in total. The van der Waals surface area contributed by atoms with E-state index in [1.54, 1.807) is 6.92 Å². The van der Waals surface area contributed by atoms with Gasteiger partial charge < -0.3 is 14.2 Å². The smallest absolute Gasteiger partial charge is 0.464 e. The second kappa shape index (κ2) is 6.56. The summed E-state index contributed by atoms with van der Waals surface area (Å²) in [5, 5.41) is 0. The molecule has 0 amide bonds. The van der Waals surface area contributed by atoms with Crippen molar-refractivity contribution in [2.75, 3.05) is 13.7 Å². The zero-order valence-corrected chi connectivity index (χ0v) is 10.7. The van der Waals surface area contributed by atoms with E-state index in [1.165, 1.54) is 7.11 Å². The molecule has 20 heavy (non-hydrogen) atoms. The molecule has 1 aromatic carbocycles. The largest absolute Gasteiger partial charge is 0.573 e. The average molecular weight is 296 g/mol. The third-order valence-electron chi connectivity index (χ3n) is 2.22. The molecule has 0 spiro atoms. The molecule has 112 valence electrons. The molecule has 0 aliphatic rings. The Morgan fingerprint density at radius 2 is 2.00 bits per heavy atom. The van der Waals surface area contributed by atoms with Gasteiger partial charge in [0, 0.05) is 7.11 Å². The molecule has 1 rings (SSSR count). The number of carbonyl (C=O) groups excluding carboxylic acids is 1. The average Bonchev–Trinajstić information content (AvgIpc) is 2.32. The highest BCUT2D eigenvalue weighted by atomic mass is 19.4. The number of methoxy groups -OCH3 is 1.